The number of para-hydroxylation sites is 1. The van der Waals surface area contributed by atoms with E-state index in [0.717, 1.165) is 6.07 Å². The number of fused-ring (bicyclic) bond motifs is 1. The topological polar surface area (TPSA) is 69.6 Å². The first-order valence-electron chi connectivity index (χ1n) is 9.83. The molecule has 0 spiro atoms. The molecule has 0 bridgehead atoms. The van der Waals surface area contributed by atoms with Crippen LogP contribution in [-0.4, -0.2) is 29.0 Å². The highest BCUT2D eigenvalue weighted by Gasteiger charge is 2.57. The predicted octanol–water partition coefficient (Wildman–Crippen LogP) is 3.45. The summed E-state index contributed by atoms with van der Waals surface area (Å²) in [5.74, 6) is -4.23. The third-order valence-corrected chi connectivity index (χ3v) is 6.39. The second-order valence-electron chi connectivity index (χ2n) is 8.11. The van der Waals surface area contributed by atoms with Crippen molar-refractivity contribution in [2.45, 2.75) is 43.2 Å². The summed E-state index contributed by atoms with van der Waals surface area (Å²) in [5, 5.41) is 21.1. The molecule has 3 N–H and O–H groups in total. The number of anilines is 1. The van der Waals surface area contributed by atoms with E-state index in [4.69, 9.17) is 0 Å². The molecule has 1 saturated carbocycles. The molecule has 1 aliphatic carbocycles. The van der Waals surface area contributed by atoms with Gasteiger partial charge in [-0.15, -0.1) is 0 Å². The van der Waals surface area contributed by atoms with E-state index in [2.05, 4.69) is 5.32 Å². The van der Waals surface area contributed by atoms with Crippen molar-refractivity contribution in [2.24, 2.45) is 5.92 Å². The molecule has 164 valence electrons. The molecule has 4 nitrogen and oxygen atoms in total. The summed E-state index contributed by atoms with van der Waals surface area (Å²) in [6.07, 6.45) is -5.72. The Morgan fingerprint density at radius 1 is 1.00 bits per heavy atom. The number of carbonyl (C=O) groups is 1. The fourth-order valence-corrected chi connectivity index (χ4v) is 4.91. The summed E-state index contributed by atoms with van der Waals surface area (Å²) in [7, 11) is -1.76. The minimum atomic E-state index is -4.71. The van der Waals surface area contributed by atoms with Crippen LogP contribution in [0, 0.1) is 5.92 Å². The maximum atomic E-state index is 13.8. The van der Waals surface area contributed by atoms with Crippen LogP contribution in [0.1, 0.15) is 42.4 Å². The third kappa shape index (κ3) is 3.51. The summed E-state index contributed by atoms with van der Waals surface area (Å²) in [6, 6.07) is 9.10. The first-order chi connectivity index (χ1) is 14.5. The van der Waals surface area contributed by atoms with Crippen LogP contribution < -0.4 is 10.8 Å². The van der Waals surface area contributed by atoms with Gasteiger partial charge in [-0.1, -0.05) is 36.4 Å². The van der Waals surface area contributed by atoms with Gasteiger partial charge in [0.2, 0.25) is 11.8 Å². The van der Waals surface area contributed by atoms with E-state index in [9.17, 15) is 36.8 Å². The first kappa shape index (κ1) is 21.8. The zero-order chi connectivity index (χ0) is 22.6. The molecule has 31 heavy (non-hydrogen) atoms. The Labute approximate surface area is 175 Å². The maximum Gasteiger partial charge on any atom is 0.488 e. The number of alkyl halides is 5. The molecule has 0 aromatic heterocycles. The monoisotopic (exact) mass is 439 g/mol. The number of carbonyl (C=O) groups excluding carboxylic acids is 1. The fraction of sp³-hybridized carbons (Fsp3) is 0.381. The van der Waals surface area contributed by atoms with Gasteiger partial charge >= 0.3 is 13.3 Å². The average molecular weight is 439 g/mol. The highest BCUT2D eigenvalue weighted by Crippen LogP contribution is 2.55. The summed E-state index contributed by atoms with van der Waals surface area (Å²) in [4.78, 5) is 13.3. The van der Waals surface area contributed by atoms with Crippen molar-refractivity contribution in [2.75, 3.05) is 5.32 Å². The summed E-state index contributed by atoms with van der Waals surface area (Å²) < 4.78 is 68.5. The van der Waals surface area contributed by atoms with Gasteiger partial charge in [0, 0.05) is 12.8 Å². The highest BCUT2D eigenvalue weighted by atomic mass is 19.4. The van der Waals surface area contributed by atoms with Gasteiger partial charge in [-0.05, 0) is 41.4 Å². The molecule has 1 heterocycles. The molecular formula is C21H19BF5NO3. The van der Waals surface area contributed by atoms with Gasteiger partial charge in [0.1, 0.15) is 5.41 Å². The molecule has 2 aromatic carbocycles. The number of benzene rings is 2. The second kappa shape index (κ2) is 7.31. The Bertz CT molecular complexity index is 999. The SMILES string of the molecule is O=C1Nc2c(C(F)(F)F)cccc2[C@@]1(c1ccc(B(O)O)cc1)C1CCC(F)(F)CC1. The average Bonchev–Trinajstić information content (AvgIpc) is 3.00. The van der Waals surface area contributed by atoms with Crippen LogP contribution in [-0.2, 0) is 16.4 Å². The van der Waals surface area contributed by atoms with Gasteiger partial charge in [0.15, 0.2) is 0 Å². The normalized spacial score (nSPS) is 23.4. The van der Waals surface area contributed by atoms with Crippen molar-refractivity contribution in [3.63, 3.8) is 0 Å². The van der Waals surface area contributed by atoms with E-state index in [1.165, 1.54) is 36.4 Å². The van der Waals surface area contributed by atoms with E-state index in [1.807, 2.05) is 0 Å². The largest absolute Gasteiger partial charge is 0.488 e. The van der Waals surface area contributed by atoms with Gasteiger partial charge in [-0.2, -0.15) is 13.2 Å². The van der Waals surface area contributed by atoms with Crippen LogP contribution in [0.25, 0.3) is 0 Å². The summed E-state index contributed by atoms with van der Waals surface area (Å²) in [6.45, 7) is 0. The standard InChI is InChI=1S/C21H19BF5NO3/c23-19(24)10-8-13(9-11-19)20(12-4-6-14(7-5-12)22(30)31)15-2-1-3-16(21(25,26)27)17(15)28-18(20)29/h1-7,13,30-31H,8-11H2,(H,28,29)/t20-/m1/s1. The Hall–Kier alpha value is -2.46. The van der Waals surface area contributed by atoms with Crippen LogP contribution in [0.2, 0.25) is 0 Å². The fourth-order valence-electron chi connectivity index (χ4n) is 4.91. The molecule has 0 radical (unpaired) electrons. The molecule has 1 amide bonds. The molecule has 2 aromatic rings. The smallest absolute Gasteiger partial charge is 0.423 e. The van der Waals surface area contributed by atoms with Crippen molar-refractivity contribution < 1.29 is 36.8 Å². The number of hydrogen-bond donors (Lipinski definition) is 3. The number of halogens is 5. The molecule has 1 fully saturated rings. The summed E-state index contributed by atoms with van der Waals surface area (Å²) in [5.41, 5.74) is -2.39. The number of rotatable bonds is 3. The Balaban J connectivity index is 1.92. The van der Waals surface area contributed by atoms with Gasteiger partial charge < -0.3 is 15.4 Å². The van der Waals surface area contributed by atoms with E-state index in [1.54, 1.807) is 0 Å². The predicted molar refractivity (Wildman–Crippen MR) is 104 cm³/mol. The molecule has 1 atom stereocenters. The summed E-state index contributed by atoms with van der Waals surface area (Å²) >= 11 is 0. The molecule has 0 saturated heterocycles. The van der Waals surface area contributed by atoms with Crippen LogP contribution in [0.5, 0.6) is 0 Å². The lowest BCUT2D eigenvalue weighted by Gasteiger charge is -2.40. The third-order valence-electron chi connectivity index (χ3n) is 6.39. The number of hydrogen-bond acceptors (Lipinski definition) is 3. The first-order valence-corrected chi connectivity index (χ1v) is 9.83. The Morgan fingerprint density at radius 2 is 1.61 bits per heavy atom. The molecular weight excluding hydrogens is 420 g/mol. The quantitative estimate of drug-likeness (QED) is 0.507. The molecule has 10 heteroatoms. The lowest BCUT2D eigenvalue weighted by molar-refractivity contribution is -0.136. The minimum Gasteiger partial charge on any atom is -0.423 e. The minimum absolute atomic E-state index is 0.0412. The second-order valence-corrected chi connectivity index (χ2v) is 8.11. The van der Waals surface area contributed by atoms with E-state index >= 15 is 0 Å². The van der Waals surface area contributed by atoms with Crippen LogP contribution in [0.3, 0.4) is 0 Å². The lowest BCUT2D eigenvalue weighted by atomic mass is 9.61. The van der Waals surface area contributed by atoms with Crippen molar-refractivity contribution in [1.29, 1.82) is 0 Å². The number of nitrogens with one attached hydrogen (secondary N) is 1. The Morgan fingerprint density at radius 3 is 2.16 bits per heavy atom. The van der Waals surface area contributed by atoms with E-state index in [0.29, 0.717) is 5.56 Å². The zero-order valence-electron chi connectivity index (χ0n) is 16.2. The van der Waals surface area contributed by atoms with Gasteiger partial charge in [0.25, 0.3) is 0 Å². The van der Waals surface area contributed by atoms with Crippen LogP contribution in [0.15, 0.2) is 42.5 Å². The Kier molecular flexibility index (Phi) is 5.13. The van der Waals surface area contributed by atoms with Crippen molar-refractivity contribution >= 4 is 24.2 Å². The van der Waals surface area contributed by atoms with Crippen LogP contribution >= 0.6 is 0 Å². The van der Waals surface area contributed by atoms with Gasteiger partial charge in [0.05, 0.1) is 11.3 Å². The molecule has 2 aliphatic rings. The zero-order valence-corrected chi connectivity index (χ0v) is 16.2. The van der Waals surface area contributed by atoms with Gasteiger partial charge in [-0.3, -0.25) is 4.79 Å². The van der Waals surface area contributed by atoms with Crippen molar-refractivity contribution in [1.82, 2.24) is 0 Å². The highest BCUT2D eigenvalue weighted by molar-refractivity contribution is 6.58. The van der Waals surface area contributed by atoms with E-state index in [-0.39, 0.29) is 29.6 Å². The van der Waals surface area contributed by atoms with Crippen molar-refractivity contribution in [3.05, 3.63) is 59.2 Å². The van der Waals surface area contributed by atoms with Crippen LogP contribution in [0.4, 0.5) is 27.6 Å². The molecule has 0 unspecified atom stereocenters. The molecule has 4 rings (SSSR count). The van der Waals surface area contributed by atoms with Crippen molar-refractivity contribution in [3.8, 4) is 0 Å². The van der Waals surface area contributed by atoms with Gasteiger partial charge in [-0.25, -0.2) is 8.78 Å². The maximum absolute atomic E-state index is 13.8. The number of amides is 1. The van der Waals surface area contributed by atoms with E-state index < -0.39 is 54.9 Å². The molecule has 1 aliphatic heterocycles. The lowest BCUT2D eigenvalue weighted by Crippen LogP contribution is -2.46.